The molecule has 114 valence electrons. The zero-order chi connectivity index (χ0) is 13.4. The van der Waals surface area contributed by atoms with Crippen molar-refractivity contribution >= 4 is 29.9 Å². The number of nitrogens with one attached hydrogen (secondary N) is 1. The van der Waals surface area contributed by atoms with Gasteiger partial charge in [0.2, 0.25) is 0 Å². The number of ether oxygens (including phenoxy) is 1. The second kappa shape index (κ2) is 9.62. The largest absolute Gasteiger partial charge is 0.411 e. The van der Waals surface area contributed by atoms with E-state index in [4.69, 9.17) is 5.73 Å². The molecule has 1 aliphatic carbocycles. The van der Waals surface area contributed by atoms with Gasteiger partial charge >= 0.3 is 6.18 Å². The molecule has 4 nitrogen and oxygen atoms in total. The average Bonchev–Trinajstić information content (AvgIpc) is 2.19. The Morgan fingerprint density at radius 2 is 2.05 bits per heavy atom. The van der Waals surface area contributed by atoms with Gasteiger partial charge in [-0.2, -0.15) is 13.2 Å². The van der Waals surface area contributed by atoms with Gasteiger partial charge in [-0.1, -0.05) is 6.42 Å². The van der Waals surface area contributed by atoms with E-state index in [2.05, 4.69) is 15.0 Å². The zero-order valence-corrected chi connectivity index (χ0v) is 13.0. The van der Waals surface area contributed by atoms with Crippen LogP contribution in [0.4, 0.5) is 13.2 Å². The van der Waals surface area contributed by atoms with E-state index in [0.29, 0.717) is 24.8 Å². The van der Waals surface area contributed by atoms with Gasteiger partial charge in [0.05, 0.1) is 0 Å². The van der Waals surface area contributed by atoms with Crippen LogP contribution in [0.1, 0.15) is 25.7 Å². The Hall–Kier alpha value is -0.250. The molecule has 8 heteroatoms. The molecule has 0 saturated heterocycles. The lowest BCUT2D eigenvalue weighted by Gasteiger charge is -2.23. The first kappa shape index (κ1) is 18.8. The third kappa shape index (κ3) is 10.2. The van der Waals surface area contributed by atoms with Gasteiger partial charge in [-0.3, -0.25) is 4.99 Å². The summed E-state index contributed by atoms with van der Waals surface area (Å²) in [4.78, 5) is 4.17. The average molecular weight is 395 g/mol. The minimum absolute atomic E-state index is 0. The lowest BCUT2D eigenvalue weighted by molar-refractivity contribution is -0.173. The van der Waals surface area contributed by atoms with Crippen molar-refractivity contribution in [3.63, 3.8) is 0 Å². The molecular weight excluding hydrogens is 374 g/mol. The summed E-state index contributed by atoms with van der Waals surface area (Å²) in [6, 6.07) is 0. The van der Waals surface area contributed by atoms with Crippen LogP contribution in [0.2, 0.25) is 0 Å². The van der Waals surface area contributed by atoms with Gasteiger partial charge in [-0.15, -0.1) is 24.0 Å². The minimum atomic E-state index is -4.25. The normalized spacial score (nSPS) is 16.7. The van der Waals surface area contributed by atoms with E-state index >= 15 is 0 Å². The highest BCUT2D eigenvalue weighted by atomic mass is 127. The summed E-state index contributed by atoms with van der Waals surface area (Å²) in [7, 11) is 0. The summed E-state index contributed by atoms with van der Waals surface area (Å²) < 4.78 is 39.6. The predicted octanol–water partition coefficient (Wildman–Crippen LogP) is 2.28. The van der Waals surface area contributed by atoms with Crippen molar-refractivity contribution in [2.75, 3.05) is 26.3 Å². The lowest BCUT2D eigenvalue weighted by atomic mass is 9.86. The second-order valence-corrected chi connectivity index (χ2v) is 4.47. The van der Waals surface area contributed by atoms with E-state index in [1.54, 1.807) is 0 Å². The number of guanidine groups is 1. The molecule has 0 aromatic carbocycles. The fraction of sp³-hybridized carbons (Fsp3) is 0.909. The van der Waals surface area contributed by atoms with Crippen molar-refractivity contribution in [3.8, 4) is 0 Å². The van der Waals surface area contributed by atoms with Crippen LogP contribution in [0.3, 0.4) is 0 Å². The number of aliphatic imine (C=N–C) groups is 1. The van der Waals surface area contributed by atoms with Crippen molar-refractivity contribution < 1.29 is 17.9 Å². The van der Waals surface area contributed by atoms with Gasteiger partial charge in [0.15, 0.2) is 5.96 Å². The molecule has 1 saturated carbocycles. The van der Waals surface area contributed by atoms with E-state index in [0.717, 1.165) is 6.54 Å². The molecule has 0 spiro atoms. The topological polar surface area (TPSA) is 59.6 Å². The van der Waals surface area contributed by atoms with Gasteiger partial charge in [0, 0.05) is 19.7 Å². The molecular formula is C11H21F3IN3O. The van der Waals surface area contributed by atoms with E-state index in [9.17, 15) is 13.2 Å². The molecule has 1 fully saturated rings. The predicted molar refractivity (Wildman–Crippen MR) is 78.7 cm³/mol. The Balaban J connectivity index is 0.00000324. The third-order valence-corrected chi connectivity index (χ3v) is 2.78. The standard InChI is InChI=1S/C11H20F3N3O.HI/c12-11(13,14)8-18-6-2-5-16-10(15)17-7-9-3-1-4-9;/h9H,1-8H2,(H3,15,16,17);1H. The Bertz CT molecular complexity index is 270. The smallest absolute Gasteiger partial charge is 0.372 e. The second-order valence-electron chi connectivity index (χ2n) is 4.47. The molecule has 0 bridgehead atoms. The molecule has 0 radical (unpaired) electrons. The summed E-state index contributed by atoms with van der Waals surface area (Å²) in [5.41, 5.74) is 5.60. The summed E-state index contributed by atoms with van der Waals surface area (Å²) in [5, 5.41) is 2.85. The lowest BCUT2D eigenvalue weighted by Crippen LogP contribution is -2.34. The summed E-state index contributed by atoms with van der Waals surface area (Å²) in [5.74, 6) is 1.01. The zero-order valence-electron chi connectivity index (χ0n) is 10.7. The van der Waals surface area contributed by atoms with Crippen LogP contribution in [0.25, 0.3) is 0 Å². The number of nitrogens with two attached hydrogens (primary N) is 1. The number of nitrogens with zero attached hydrogens (tertiary/aromatic N) is 1. The first-order chi connectivity index (χ1) is 8.47. The highest BCUT2D eigenvalue weighted by Crippen LogP contribution is 2.26. The Morgan fingerprint density at radius 3 is 2.58 bits per heavy atom. The Labute approximate surface area is 128 Å². The van der Waals surface area contributed by atoms with Crippen molar-refractivity contribution in [1.82, 2.24) is 5.32 Å². The first-order valence-corrected chi connectivity index (χ1v) is 6.15. The number of hydrogen-bond donors (Lipinski definition) is 2. The molecule has 0 amide bonds. The molecule has 1 rings (SSSR count). The van der Waals surface area contributed by atoms with Crippen LogP contribution in [0.5, 0.6) is 0 Å². The van der Waals surface area contributed by atoms with E-state index in [-0.39, 0.29) is 30.6 Å². The van der Waals surface area contributed by atoms with Crippen LogP contribution in [0.15, 0.2) is 4.99 Å². The summed E-state index contributed by atoms with van der Waals surface area (Å²) in [6.45, 7) is 0.0714. The summed E-state index contributed by atoms with van der Waals surface area (Å²) >= 11 is 0. The highest BCUT2D eigenvalue weighted by Gasteiger charge is 2.27. The molecule has 0 aromatic rings. The first-order valence-electron chi connectivity index (χ1n) is 6.15. The maximum absolute atomic E-state index is 11.7. The van der Waals surface area contributed by atoms with Crippen LogP contribution in [0, 0.1) is 5.92 Å². The van der Waals surface area contributed by atoms with Crippen molar-refractivity contribution in [2.24, 2.45) is 16.6 Å². The maximum Gasteiger partial charge on any atom is 0.411 e. The Kier molecular flexibility index (Phi) is 9.50. The molecule has 19 heavy (non-hydrogen) atoms. The van der Waals surface area contributed by atoms with Gasteiger partial charge < -0.3 is 15.8 Å². The molecule has 3 N–H and O–H groups in total. The Morgan fingerprint density at radius 1 is 1.37 bits per heavy atom. The van der Waals surface area contributed by atoms with Crippen LogP contribution >= 0.6 is 24.0 Å². The summed E-state index contributed by atoms with van der Waals surface area (Å²) in [6.07, 6.45) is -0.0966. The van der Waals surface area contributed by atoms with Gasteiger partial charge in [-0.05, 0) is 25.2 Å². The molecule has 0 aromatic heterocycles. The van der Waals surface area contributed by atoms with E-state index in [1.807, 2.05) is 0 Å². The number of hydrogen-bond acceptors (Lipinski definition) is 2. The van der Waals surface area contributed by atoms with Gasteiger partial charge in [-0.25, -0.2) is 0 Å². The van der Waals surface area contributed by atoms with Gasteiger partial charge in [0.1, 0.15) is 6.61 Å². The quantitative estimate of drug-likeness (QED) is 0.301. The molecule has 0 aliphatic heterocycles. The maximum atomic E-state index is 11.7. The minimum Gasteiger partial charge on any atom is -0.372 e. The number of rotatable bonds is 7. The fourth-order valence-electron chi connectivity index (χ4n) is 1.54. The number of alkyl halides is 3. The van der Waals surface area contributed by atoms with Gasteiger partial charge in [0.25, 0.3) is 0 Å². The molecule has 1 aliphatic rings. The van der Waals surface area contributed by atoms with Crippen molar-refractivity contribution in [2.45, 2.75) is 31.9 Å². The van der Waals surface area contributed by atoms with Crippen molar-refractivity contribution in [1.29, 1.82) is 0 Å². The third-order valence-electron chi connectivity index (χ3n) is 2.78. The fourth-order valence-corrected chi connectivity index (χ4v) is 1.54. The van der Waals surface area contributed by atoms with Crippen LogP contribution in [-0.4, -0.2) is 38.4 Å². The highest BCUT2D eigenvalue weighted by molar-refractivity contribution is 14.0. The van der Waals surface area contributed by atoms with Crippen LogP contribution < -0.4 is 11.1 Å². The molecule has 0 heterocycles. The number of halogens is 4. The molecule has 0 unspecified atom stereocenters. The van der Waals surface area contributed by atoms with Crippen LogP contribution in [-0.2, 0) is 4.74 Å². The monoisotopic (exact) mass is 395 g/mol. The SMILES string of the molecule is I.NC(=NCC1CCC1)NCCCOCC(F)(F)F. The molecule has 0 atom stereocenters. The van der Waals surface area contributed by atoms with E-state index in [1.165, 1.54) is 19.3 Å². The van der Waals surface area contributed by atoms with Crippen molar-refractivity contribution in [3.05, 3.63) is 0 Å². The van der Waals surface area contributed by atoms with E-state index < -0.39 is 12.8 Å².